The zero-order valence-corrected chi connectivity index (χ0v) is 18.3. The van der Waals surface area contributed by atoms with Crippen molar-refractivity contribution in [1.82, 2.24) is 25.3 Å². The lowest BCUT2D eigenvalue weighted by Gasteiger charge is -2.14. The van der Waals surface area contributed by atoms with E-state index in [1.54, 1.807) is 19.0 Å². The van der Waals surface area contributed by atoms with Gasteiger partial charge in [0.05, 0.1) is 5.69 Å². The monoisotopic (exact) mass is 398 g/mol. The summed E-state index contributed by atoms with van der Waals surface area (Å²) in [6.45, 7) is 5.83. The highest BCUT2D eigenvalue weighted by Gasteiger charge is 2.09. The summed E-state index contributed by atoms with van der Waals surface area (Å²) < 4.78 is 1.93. The van der Waals surface area contributed by atoms with Gasteiger partial charge < -0.3 is 15.5 Å². The highest BCUT2D eigenvalue weighted by molar-refractivity contribution is 5.84. The molecule has 0 radical (unpaired) electrons. The lowest BCUT2D eigenvalue weighted by atomic mass is 10.1. The Morgan fingerprint density at radius 3 is 2.41 bits per heavy atom. The zero-order valence-electron chi connectivity index (χ0n) is 18.3. The number of likely N-dealkylation sites (N-methyl/N-ethyl adjacent to an activating group) is 1. The molecule has 0 saturated carbocycles. The molecule has 0 bridgehead atoms. The highest BCUT2D eigenvalue weighted by atomic mass is 16.2. The van der Waals surface area contributed by atoms with E-state index in [-0.39, 0.29) is 12.5 Å². The van der Waals surface area contributed by atoms with Crippen LogP contribution in [0.5, 0.6) is 0 Å². The van der Waals surface area contributed by atoms with E-state index >= 15 is 0 Å². The van der Waals surface area contributed by atoms with E-state index in [4.69, 9.17) is 0 Å². The van der Waals surface area contributed by atoms with Crippen LogP contribution >= 0.6 is 0 Å². The van der Waals surface area contributed by atoms with Crippen LogP contribution in [0.1, 0.15) is 28.9 Å². The number of aromatic nitrogens is 2. The number of hydrogen-bond acceptors (Lipinski definition) is 3. The predicted molar refractivity (Wildman–Crippen MR) is 118 cm³/mol. The number of hydrogen-bond donors (Lipinski definition) is 2. The standard InChI is InChI=1S/C22H34N6O/c1-17-20(18(2)28(5)26-17)12-9-14-23-22(25-16-21(29)27(3)4)24-15-13-19-10-7-6-8-11-19/h6-8,10-11H,9,12-16H2,1-5H3,(H2,23,24,25). The second kappa shape index (κ2) is 11.2. The van der Waals surface area contributed by atoms with Crippen LogP contribution in [0.4, 0.5) is 0 Å². The second-order valence-corrected chi connectivity index (χ2v) is 7.42. The van der Waals surface area contributed by atoms with E-state index in [9.17, 15) is 4.79 Å². The van der Waals surface area contributed by atoms with Crippen molar-refractivity contribution in [2.45, 2.75) is 33.1 Å². The van der Waals surface area contributed by atoms with Crippen molar-refractivity contribution in [1.29, 1.82) is 0 Å². The van der Waals surface area contributed by atoms with Gasteiger partial charge in [0, 0.05) is 39.9 Å². The molecule has 0 spiro atoms. The molecule has 2 aromatic rings. The van der Waals surface area contributed by atoms with E-state index < -0.39 is 0 Å². The van der Waals surface area contributed by atoms with Crippen molar-refractivity contribution in [3.8, 4) is 0 Å². The zero-order chi connectivity index (χ0) is 21.2. The number of carbonyl (C=O) groups excluding carboxylic acids is 1. The fourth-order valence-electron chi connectivity index (χ4n) is 3.08. The Bertz CT molecular complexity index is 810. The van der Waals surface area contributed by atoms with Crippen LogP contribution in [0.2, 0.25) is 0 Å². The van der Waals surface area contributed by atoms with Gasteiger partial charge in [0.15, 0.2) is 5.96 Å². The predicted octanol–water partition coefficient (Wildman–Crippen LogP) is 1.84. The molecule has 7 heteroatoms. The van der Waals surface area contributed by atoms with Crippen molar-refractivity contribution in [3.05, 3.63) is 52.8 Å². The van der Waals surface area contributed by atoms with Crippen LogP contribution in [0.3, 0.4) is 0 Å². The van der Waals surface area contributed by atoms with Crippen LogP contribution in [-0.4, -0.2) is 60.3 Å². The van der Waals surface area contributed by atoms with Crippen molar-refractivity contribution >= 4 is 11.9 Å². The minimum absolute atomic E-state index is 0.0178. The molecular formula is C22H34N6O. The number of nitrogens with zero attached hydrogens (tertiary/aromatic N) is 4. The average Bonchev–Trinajstić information content (AvgIpc) is 2.94. The molecule has 158 valence electrons. The van der Waals surface area contributed by atoms with Gasteiger partial charge in [0.1, 0.15) is 6.54 Å². The maximum Gasteiger partial charge on any atom is 0.243 e. The Morgan fingerprint density at radius 1 is 1.10 bits per heavy atom. The largest absolute Gasteiger partial charge is 0.356 e. The Hall–Kier alpha value is -2.83. The van der Waals surface area contributed by atoms with Crippen LogP contribution < -0.4 is 10.6 Å². The van der Waals surface area contributed by atoms with Gasteiger partial charge >= 0.3 is 0 Å². The molecule has 1 heterocycles. The Labute approximate surface area is 174 Å². The lowest BCUT2D eigenvalue weighted by molar-refractivity contribution is -0.127. The fourth-order valence-corrected chi connectivity index (χ4v) is 3.08. The summed E-state index contributed by atoms with van der Waals surface area (Å²) in [5.74, 6) is 0.659. The molecule has 1 aromatic heterocycles. The smallest absolute Gasteiger partial charge is 0.243 e. The minimum Gasteiger partial charge on any atom is -0.356 e. The van der Waals surface area contributed by atoms with E-state index in [0.717, 1.165) is 38.0 Å². The molecular weight excluding hydrogens is 364 g/mol. The first-order chi connectivity index (χ1) is 13.9. The summed E-state index contributed by atoms with van der Waals surface area (Å²) in [6.07, 6.45) is 2.83. The van der Waals surface area contributed by atoms with Gasteiger partial charge in [-0.2, -0.15) is 5.10 Å². The number of amides is 1. The van der Waals surface area contributed by atoms with Gasteiger partial charge in [-0.25, -0.2) is 4.99 Å². The van der Waals surface area contributed by atoms with E-state index in [1.165, 1.54) is 16.8 Å². The molecule has 0 unspecified atom stereocenters. The van der Waals surface area contributed by atoms with Crippen LogP contribution in [0, 0.1) is 13.8 Å². The van der Waals surface area contributed by atoms with Gasteiger partial charge in [-0.05, 0) is 44.2 Å². The molecule has 2 rings (SSSR count). The lowest BCUT2D eigenvalue weighted by Crippen LogP contribution is -2.40. The molecule has 1 amide bonds. The van der Waals surface area contributed by atoms with Crippen LogP contribution in [0.25, 0.3) is 0 Å². The van der Waals surface area contributed by atoms with Gasteiger partial charge in [0.25, 0.3) is 0 Å². The number of benzene rings is 1. The first kappa shape index (κ1) is 22.5. The topological polar surface area (TPSA) is 74.5 Å². The van der Waals surface area contributed by atoms with Crippen molar-refractivity contribution < 1.29 is 4.79 Å². The number of aryl methyl sites for hydroxylation is 2. The number of aliphatic imine (C=N–C) groups is 1. The molecule has 2 N–H and O–H groups in total. The molecule has 0 aliphatic heterocycles. The quantitative estimate of drug-likeness (QED) is 0.384. The third kappa shape index (κ3) is 7.25. The second-order valence-electron chi connectivity index (χ2n) is 7.42. The molecule has 0 aliphatic carbocycles. The van der Waals surface area contributed by atoms with Gasteiger partial charge in [-0.3, -0.25) is 9.48 Å². The molecule has 0 saturated heterocycles. The van der Waals surface area contributed by atoms with Crippen molar-refractivity contribution in [2.24, 2.45) is 12.0 Å². The fraction of sp³-hybridized carbons (Fsp3) is 0.500. The first-order valence-electron chi connectivity index (χ1n) is 10.1. The van der Waals surface area contributed by atoms with Gasteiger partial charge in [0.2, 0.25) is 5.91 Å². The number of carbonyl (C=O) groups is 1. The summed E-state index contributed by atoms with van der Waals surface area (Å²) in [5.41, 5.74) is 4.89. The van der Waals surface area contributed by atoms with E-state index in [2.05, 4.69) is 46.7 Å². The van der Waals surface area contributed by atoms with Crippen LogP contribution in [-0.2, 0) is 24.7 Å². The summed E-state index contributed by atoms with van der Waals surface area (Å²) in [7, 11) is 5.46. The van der Waals surface area contributed by atoms with E-state index in [1.807, 2.05) is 29.9 Å². The molecule has 0 aliphatic rings. The molecule has 0 atom stereocenters. The maximum absolute atomic E-state index is 11.9. The number of nitrogens with one attached hydrogen (secondary N) is 2. The summed E-state index contributed by atoms with van der Waals surface area (Å²) in [5, 5.41) is 11.2. The van der Waals surface area contributed by atoms with Gasteiger partial charge in [-0.1, -0.05) is 30.3 Å². The molecule has 29 heavy (non-hydrogen) atoms. The number of guanidine groups is 1. The Morgan fingerprint density at radius 2 is 1.79 bits per heavy atom. The average molecular weight is 399 g/mol. The highest BCUT2D eigenvalue weighted by Crippen LogP contribution is 2.13. The number of rotatable bonds is 9. The maximum atomic E-state index is 11.9. The van der Waals surface area contributed by atoms with Crippen molar-refractivity contribution in [3.63, 3.8) is 0 Å². The van der Waals surface area contributed by atoms with Crippen LogP contribution in [0.15, 0.2) is 35.3 Å². The minimum atomic E-state index is -0.0178. The molecule has 0 fully saturated rings. The van der Waals surface area contributed by atoms with Crippen molar-refractivity contribution in [2.75, 3.05) is 33.7 Å². The first-order valence-corrected chi connectivity index (χ1v) is 10.1. The summed E-state index contributed by atoms with van der Waals surface area (Å²) >= 11 is 0. The normalized spacial score (nSPS) is 11.4. The molecule has 1 aromatic carbocycles. The van der Waals surface area contributed by atoms with E-state index in [0.29, 0.717) is 5.96 Å². The Balaban J connectivity index is 1.86. The van der Waals surface area contributed by atoms with Gasteiger partial charge in [-0.15, -0.1) is 0 Å². The third-order valence-electron chi connectivity index (χ3n) is 4.98. The molecule has 7 nitrogen and oxygen atoms in total. The third-order valence-corrected chi connectivity index (χ3v) is 4.98. The SMILES string of the molecule is Cc1nn(C)c(C)c1CCCNC(=NCC(=O)N(C)C)NCCc1ccccc1. The summed E-state index contributed by atoms with van der Waals surface area (Å²) in [4.78, 5) is 17.9. The Kier molecular flexibility index (Phi) is 8.70. The summed E-state index contributed by atoms with van der Waals surface area (Å²) in [6, 6.07) is 10.3.